The number of hydrogen-bond donors (Lipinski definition) is 2. The highest BCUT2D eigenvalue weighted by Gasteiger charge is 2.35. The molecule has 2 N–H and O–H groups in total. The maximum Gasteiger partial charge on any atom is 0.419 e. The van der Waals surface area contributed by atoms with Gasteiger partial charge in [0.2, 0.25) is 5.75 Å². The molecule has 2 aromatic rings. The van der Waals surface area contributed by atoms with Gasteiger partial charge in [-0.3, -0.25) is 0 Å². The van der Waals surface area contributed by atoms with Gasteiger partial charge >= 0.3 is 12.2 Å². The van der Waals surface area contributed by atoms with E-state index in [0.717, 1.165) is 12.1 Å². The van der Waals surface area contributed by atoms with Crippen LogP contribution in [0.5, 0.6) is 17.2 Å². The maximum absolute atomic E-state index is 14.0. The third kappa shape index (κ3) is 4.76. The van der Waals surface area contributed by atoms with Crippen molar-refractivity contribution >= 4 is 11.7 Å². The van der Waals surface area contributed by atoms with Gasteiger partial charge in [-0.25, -0.2) is 9.18 Å². The Balaban J connectivity index is 2.12. The fourth-order valence-corrected chi connectivity index (χ4v) is 2.43. The van der Waals surface area contributed by atoms with Crippen LogP contribution in [0.25, 0.3) is 0 Å². The van der Waals surface area contributed by atoms with Crippen LogP contribution >= 0.6 is 0 Å². The molecule has 0 unspecified atom stereocenters. The van der Waals surface area contributed by atoms with E-state index in [2.05, 4.69) is 10.6 Å². The van der Waals surface area contributed by atoms with Gasteiger partial charge in [0.15, 0.2) is 17.3 Å². The lowest BCUT2D eigenvalue weighted by atomic mass is 10.1. The average Bonchev–Trinajstić information content (AvgIpc) is 2.66. The molecule has 0 saturated carbocycles. The molecule has 0 saturated heterocycles. The first-order valence-corrected chi connectivity index (χ1v) is 7.90. The topological polar surface area (TPSA) is 68.8 Å². The smallest absolute Gasteiger partial charge is 0.419 e. The molecule has 0 atom stereocenters. The quantitative estimate of drug-likeness (QED) is 0.711. The summed E-state index contributed by atoms with van der Waals surface area (Å²) in [5.41, 5.74) is -1.48. The fourth-order valence-electron chi connectivity index (χ4n) is 2.43. The predicted octanol–water partition coefficient (Wildman–Crippen LogP) is 4.19. The first-order valence-electron chi connectivity index (χ1n) is 7.90. The van der Waals surface area contributed by atoms with E-state index in [1.54, 1.807) is 12.1 Å². The summed E-state index contributed by atoms with van der Waals surface area (Å²) in [7, 11) is 4.30. The van der Waals surface area contributed by atoms with E-state index in [-0.39, 0.29) is 6.54 Å². The molecular formula is C18H18F4N2O4. The van der Waals surface area contributed by atoms with Crippen molar-refractivity contribution < 1.29 is 36.6 Å². The number of ether oxygens (including phenoxy) is 3. The summed E-state index contributed by atoms with van der Waals surface area (Å²) >= 11 is 0. The zero-order chi connectivity index (χ0) is 20.9. The Morgan fingerprint density at radius 1 is 1.04 bits per heavy atom. The summed E-state index contributed by atoms with van der Waals surface area (Å²) in [5, 5.41) is 4.48. The van der Waals surface area contributed by atoms with Gasteiger partial charge in [0.05, 0.1) is 32.6 Å². The summed E-state index contributed by atoms with van der Waals surface area (Å²) in [6.45, 7) is -0.0247. The number of carbonyl (C=O) groups is 1. The number of alkyl halides is 3. The third-order valence-corrected chi connectivity index (χ3v) is 3.73. The van der Waals surface area contributed by atoms with Gasteiger partial charge in [-0.1, -0.05) is 6.07 Å². The summed E-state index contributed by atoms with van der Waals surface area (Å²) in [6.07, 6.45) is -4.87. The van der Waals surface area contributed by atoms with E-state index in [9.17, 15) is 22.4 Å². The van der Waals surface area contributed by atoms with Crippen molar-refractivity contribution in [1.82, 2.24) is 5.32 Å². The molecule has 2 aromatic carbocycles. The second-order valence-electron chi connectivity index (χ2n) is 5.51. The Morgan fingerprint density at radius 3 is 2.14 bits per heavy atom. The number of amides is 2. The van der Waals surface area contributed by atoms with Crippen molar-refractivity contribution in [2.75, 3.05) is 26.6 Å². The SMILES string of the molecule is COc1cc(CNC(=O)Nc2cccc(C(F)(F)F)c2F)cc(OC)c1OC. The average molecular weight is 402 g/mol. The number of nitrogens with one attached hydrogen (secondary N) is 2. The molecule has 0 radical (unpaired) electrons. The second-order valence-corrected chi connectivity index (χ2v) is 5.51. The van der Waals surface area contributed by atoms with Crippen LogP contribution in [0.15, 0.2) is 30.3 Å². The number of rotatable bonds is 6. The zero-order valence-corrected chi connectivity index (χ0v) is 15.2. The Bertz CT molecular complexity index is 831. The molecule has 0 spiro atoms. The van der Waals surface area contributed by atoms with Crippen LogP contribution in [0.3, 0.4) is 0 Å². The number of carbonyl (C=O) groups excluding carboxylic acids is 1. The maximum atomic E-state index is 14.0. The normalized spacial score (nSPS) is 11.0. The Labute approximate surface area is 158 Å². The molecule has 152 valence electrons. The van der Waals surface area contributed by atoms with Crippen molar-refractivity contribution in [2.45, 2.75) is 12.7 Å². The standard InChI is InChI=1S/C18H18F4N2O4/c1-26-13-7-10(8-14(27-2)16(13)28-3)9-23-17(25)24-12-6-4-5-11(15(12)19)18(20,21)22/h4-8H,9H2,1-3H3,(H2,23,24,25). The van der Waals surface area contributed by atoms with Crippen LogP contribution in [0.1, 0.15) is 11.1 Å². The minimum absolute atomic E-state index is 0.0247. The first kappa shape index (κ1) is 21.1. The van der Waals surface area contributed by atoms with Gasteiger partial charge in [-0.2, -0.15) is 13.2 Å². The molecule has 0 heterocycles. The molecule has 2 rings (SSSR count). The van der Waals surface area contributed by atoms with E-state index >= 15 is 0 Å². The number of benzene rings is 2. The van der Waals surface area contributed by atoms with Gasteiger partial charge in [0.25, 0.3) is 0 Å². The Morgan fingerprint density at radius 2 is 1.64 bits per heavy atom. The fraction of sp³-hybridized carbons (Fsp3) is 0.278. The van der Waals surface area contributed by atoms with Crippen LogP contribution in [0.2, 0.25) is 0 Å². The van der Waals surface area contributed by atoms with Crippen molar-refractivity contribution in [3.05, 3.63) is 47.3 Å². The summed E-state index contributed by atoms with van der Waals surface area (Å²) < 4.78 is 67.7. The molecule has 6 nitrogen and oxygen atoms in total. The van der Waals surface area contributed by atoms with Crippen LogP contribution in [-0.4, -0.2) is 27.4 Å². The lowest BCUT2D eigenvalue weighted by Gasteiger charge is -2.15. The highest BCUT2D eigenvalue weighted by atomic mass is 19.4. The molecule has 0 aliphatic rings. The van der Waals surface area contributed by atoms with Crippen molar-refractivity contribution in [3.8, 4) is 17.2 Å². The third-order valence-electron chi connectivity index (χ3n) is 3.73. The molecule has 0 bridgehead atoms. The molecule has 0 fully saturated rings. The van der Waals surface area contributed by atoms with Gasteiger partial charge < -0.3 is 24.8 Å². The number of methoxy groups -OCH3 is 3. The van der Waals surface area contributed by atoms with Crippen LogP contribution in [0, 0.1) is 5.82 Å². The lowest BCUT2D eigenvalue weighted by molar-refractivity contribution is -0.139. The summed E-state index contributed by atoms with van der Waals surface area (Å²) in [6, 6.07) is 4.92. The van der Waals surface area contributed by atoms with E-state index in [4.69, 9.17) is 14.2 Å². The summed E-state index contributed by atoms with van der Waals surface area (Å²) in [5.74, 6) is -0.465. The van der Waals surface area contributed by atoms with Crippen molar-refractivity contribution in [1.29, 1.82) is 0 Å². The molecule has 0 aliphatic carbocycles. The molecule has 2 amide bonds. The number of anilines is 1. The predicted molar refractivity (Wildman–Crippen MR) is 93.4 cm³/mol. The minimum atomic E-state index is -4.87. The number of hydrogen-bond acceptors (Lipinski definition) is 4. The van der Waals surface area contributed by atoms with Crippen molar-refractivity contribution in [3.63, 3.8) is 0 Å². The van der Waals surface area contributed by atoms with Crippen LogP contribution in [-0.2, 0) is 12.7 Å². The van der Waals surface area contributed by atoms with Crippen LogP contribution in [0.4, 0.5) is 28.0 Å². The highest BCUT2D eigenvalue weighted by molar-refractivity contribution is 5.89. The van der Waals surface area contributed by atoms with Gasteiger partial charge in [-0.05, 0) is 29.8 Å². The largest absolute Gasteiger partial charge is 0.493 e. The monoisotopic (exact) mass is 402 g/mol. The molecule has 28 heavy (non-hydrogen) atoms. The minimum Gasteiger partial charge on any atom is -0.493 e. The molecule has 0 aliphatic heterocycles. The lowest BCUT2D eigenvalue weighted by Crippen LogP contribution is -2.29. The molecular weight excluding hydrogens is 384 g/mol. The van der Waals surface area contributed by atoms with Gasteiger partial charge in [0.1, 0.15) is 0 Å². The van der Waals surface area contributed by atoms with E-state index in [0.29, 0.717) is 28.9 Å². The Kier molecular flexibility index (Phi) is 6.55. The second kappa shape index (κ2) is 8.68. The van der Waals surface area contributed by atoms with Gasteiger partial charge in [0, 0.05) is 6.54 Å². The molecule has 0 aromatic heterocycles. The number of halogens is 4. The summed E-state index contributed by atoms with van der Waals surface area (Å²) in [4.78, 5) is 12.0. The first-order chi connectivity index (χ1) is 13.2. The molecule has 10 heteroatoms. The Hall–Kier alpha value is -3.17. The highest BCUT2D eigenvalue weighted by Crippen LogP contribution is 2.38. The van der Waals surface area contributed by atoms with E-state index in [1.165, 1.54) is 21.3 Å². The van der Waals surface area contributed by atoms with E-state index in [1.807, 2.05) is 0 Å². The zero-order valence-electron chi connectivity index (χ0n) is 15.2. The number of urea groups is 1. The van der Waals surface area contributed by atoms with Gasteiger partial charge in [-0.15, -0.1) is 0 Å². The van der Waals surface area contributed by atoms with Crippen molar-refractivity contribution in [2.24, 2.45) is 0 Å². The van der Waals surface area contributed by atoms with E-state index < -0.39 is 29.3 Å². The van der Waals surface area contributed by atoms with Crippen LogP contribution < -0.4 is 24.8 Å².